The summed E-state index contributed by atoms with van der Waals surface area (Å²) in [5, 5.41) is 8.18. The molecule has 1 unspecified atom stereocenters. The minimum Gasteiger partial charge on any atom is -0.324 e. The number of thiophene rings is 1. The van der Waals surface area contributed by atoms with Gasteiger partial charge in [0.1, 0.15) is 5.41 Å². The van der Waals surface area contributed by atoms with Crippen LogP contribution in [0.3, 0.4) is 0 Å². The predicted molar refractivity (Wildman–Crippen MR) is 56.6 cm³/mol. The van der Waals surface area contributed by atoms with E-state index in [1.807, 2.05) is 23.6 Å². The molecule has 0 bridgehead atoms. The summed E-state index contributed by atoms with van der Waals surface area (Å²) in [6.07, 6.45) is 4.05. The van der Waals surface area contributed by atoms with Crippen molar-refractivity contribution >= 4 is 22.9 Å². The second-order valence-corrected chi connectivity index (χ2v) is 4.54. The summed E-state index contributed by atoms with van der Waals surface area (Å²) in [5.41, 5.74) is 0.551. The van der Waals surface area contributed by atoms with Crippen LogP contribution in [-0.2, 0) is 10.2 Å². The fraction of sp³-hybridized carbons (Fsp3) is 0.300. The molecule has 1 amide bonds. The Balaban J connectivity index is 2.18. The van der Waals surface area contributed by atoms with Crippen LogP contribution in [0.1, 0.15) is 4.88 Å². The van der Waals surface area contributed by atoms with E-state index in [9.17, 15) is 4.79 Å². The Morgan fingerprint density at radius 2 is 2.43 bits per heavy atom. The topological polar surface area (TPSA) is 41.1 Å². The molecule has 2 aliphatic rings. The lowest BCUT2D eigenvalue weighted by Crippen LogP contribution is -2.44. The standard InChI is InChI=1S/C10H10N2OS/c13-9-10(3-1-4-11-6-10)8-7(12-9)2-5-14-8/h1-3,5,11H,4,6H2,(H,12,13). The maximum atomic E-state index is 11.9. The number of nitrogens with one attached hydrogen (secondary N) is 2. The number of hydrogen-bond acceptors (Lipinski definition) is 3. The minimum atomic E-state index is -0.429. The van der Waals surface area contributed by atoms with E-state index < -0.39 is 5.41 Å². The van der Waals surface area contributed by atoms with Gasteiger partial charge in [0.25, 0.3) is 0 Å². The average Bonchev–Trinajstić information content (AvgIpc) is 2.74. The van der Waals surface area contributed by atoms with E-state index in [2.05, 4.69) is 10.6 Å². The van der Waals surface area contributed by atoms with Crippen molar-refractivity contribution in [3.8, 4) is 0 Å². The number of rotatable bonds is 0. The van der Waals surface area contributed by atoms with Crippen molar-refractivity contribution in [1.82, 2.24) is 5.32 Å². The Labute approximate surface area is 85.8 Å². The summed E-state index contributed by atoms with van der Waals surface area (Å²) in [6.45, 7) is 1.57. The Kier molecular flexibility index (Phi) is 1.57. The summed E-state index contributed by atoms with van der Waals surface area (Å²) in [6, 6.07) is 1.97. The Hall–Kier alpha value is -1.13. The van der Waals surface area contributed by atoms with Gasteiger partial charge in [-0.25, -0.2) is 0 Å². The first-order chi connectivity index (χ1) is 6.83. The van der Waals surface area contributed by atoms with Crippen LogP contribution in [0.2, 0.25) is 0 Å². The van der Waals surface area contributed by atoms with Crippen molar-refractivity contribution < 1.29 is 4.79 Å². The lowest BCUT2D eigenvalue weighted by atomic mass is 9.85. The van der Waals surface area contributed by atoms with Crippen LogP contribution >= 0.6 is 11.3 Å². The normalized spacial score (nSPS) is 29.3. The van der Waals surface area contributed by atoms with Crippen LogP contribution in [0.25, 0.3) is 0 Å². The third-order valence-corrected chi connectivity index (χ3v) is 3.88. The van der Waals surface area contributed by atoms with Crippen molar-refractivity contribution in [3.05, 3.63) is 28.5 Å². The molecule has 1 aromatic heterocycles. The fourth-order valence-electron chi connectivity index (χ4n) is 2.07. The van der Waals surface area contributed by atoms with E-state index >= 15 is 0 Å². The second-order valence-electron chi connectivity index (χ2n) is 3.62. The molecule has 0 saturated heterocycles. The van der Waals surface area contributed by atoms with E-state index in [0.29, 0.717) is 6.54 Å². The van der Waals surface area contributed by atoms with Gasteiger partial charge < -0.3 is 10.6 Å². The largest absolute Gasteiger partial charge is 0.324 e. The Bertz CT molecular complexity index is 424. The highest BCUT2D eigenvalue weighted by Gasteiger charge is 2.46. The molecule has 1 aromatic rings. The molecular formula is C10H10N2OS. The molecule has 4 heteroatoms. The van der Waals surface area contributed by atoms with Crippen LogP contribution < -0.4 is 10.6 Å². The monoisotopic (exact) mass is 206 g/mol. The van der Waals surface area contributed by atoms with Gasteiger partial charge in [0.15, 0.2) is 0 Å². The molecule has 0 aliphatic carbocycles. The van der Waals surface area contributed by atoms with Gasteiger partial charge >= 0.3 is 0 Å². The van der Waals surface area contributed by atoms with Gasteiger partial charge in [0.05, 0.1) is 5.69 Å². The van der Waals surface area contributed by atoms with Crippen molar-refractivity contribution in [3.63, 3.8) is 0 Å². The molecule has 1 spiro atoms. The zero-order chi connectivity index (χ0) is 9.60. The molecule has 3 rings (SSSR count). The Morgan fingerprint density at radius 1 is 1.50 bits per heavy atom. The Morgan fingerprint density at radius 3 is 3.21 bits per heavy atom. The predicted octanol–water partition coefficient (Wildman–Crippen LogP) is 1.10. The number of amides is 1. The van der Waals surface area contributed by atoms with E-state index in [4.69, 9.17) is 0 Å². The SMILES string of the molecule is O=C1Nc2ccsc2C12C=CCNC2. The molecule has 3 heterocycles. The highest BCUT2D eigenvalue weighted by Crippen LogP contribution is 2.42. The van der Waals surface area contributed by atoms with Crippen molar-refractivity contribution in [2.24, 2.45) is 0 Å². The van der Waals surface area contributed by atoms with Crippen LogP contribution in [0, 0.1) is 0 Å². The van der Waals surface area contributed by atoms with Gasteiger partial charge in [0.2, 0.25) is 5.91 Å². The first kappa shape index (κ1) is 8.20. The molecule has 0 saturated carbocycles. The first-order valence-electron chi connectivity index (χ1n) is 4.61. The number of anilines is 1. The zero-order valence-electron chi connectivity index (χ0n) is 7.54. The van der Waals surface area contributed by atoms with Crippen molar-refractivity contribution in [1.29, 1.82) is 0 Å². The lowest BCUT2D eigenvalue weighted by molar-refractivity contribution is -0.119. The second kappa shape index (κ2) is 2.68. The van der Waals surface area contributed by atoms with Gasteiger partial charge in [0, 0.05) is 18.0 Å². The van der Waals surface area contributed by atoms with Crippen LogP contribution in [0.15, 0.2) is 23.6 Å². The smallest absolute Gasteiger partial charge is 0.241 e. The molecule has 2 aliphatic heterocycles. The van der Waals surface area contributed by atoms with E-state index in [1.165, 1.54) is 0 Å². The highest BCUT2D eigenvalue weighted by molar-refractivity contribution is 7.11. The number of fused-ring (bicyclic) bond motifs is 2. The van der Waals surface area contributed by atoms with Gasteiger partial charge in [-0.3, -0.25) is 4.79 Å². The van der Waals surface area contributed by atoms with Crippen molar-refractivity contribution in [2.75, 3.05) is 18.4 Å². The highest BCUT2D eigenvalue weighted by atomic mass is 32.1. The third kappa shape index (κ3) is 0.871. The summed E-state index contributed by atoms with van der Waals surface area (Å²) in [5.74, 6) is 0.0998. The molecule has 14 heavy (non-hydrogen) atoms. The van der Waals surface area contributed by atoms with Gasteiger partial charge in [-0.1, -0.05) is 12.2 Å². The molecule has 3 nitrogen and oxygen atoms in total. The lowest BCUT2D eigenvalue weighted by Gasteiger charge is -2.26. The maximum absolute atomic E-state index is 11.9. The van der Waals surface area contributed by atoms with Crippen molar-refractivity contribution in [2.45, 2.75) is 5.41 Å². The minimum absolute atomic E-state index is 0.0998. The quantitative estimate of drug-likeness (QED) is 0.624. The number of hydrogen-bond donors (Lipinski definition) is 2. The molecule has 0 fully saturated rings. The number of carbonyl (C=O) groups excluding carboxylic acids is 1. The summed E-state index contributed by atoms with van der Waals surface area (Å²) < 4.78 is 0. The molecular weight excluding hydrogens is 196 g/mol. The average molecular weight is 206 g/mol. The summed E-state index contributed by atoms with van der Waals surface area (Å²) in [7, 11) is 0. The molecule has 0 aromatic carbocycles. The number of carbonyl (C=O) groups is 1. The molecule has 1 atom stereocenters. The molecule has 2 N–H and O–H groups in total. The van der Waals surface area contributed by atoms with E-state index in [0.717, 1.165) is 17.1 Å². The van der Waals surface area contributed by atoms with Gasteiger partial charge in [-0.2, -0.15) is 0 Å². The zero-order valence-corrected chi connectivity index (χ0v) is 8.36. The maximum Gasteiger partial charge on any atom is 0.241 e. The fourth-order valence-corrected chi connectivity index (χ4v) is 3.10. The summed E-state index contributed by atoms with van der Waals surface area (Å²) >= 11 is 1.65. The van der Waals surface area contributed by atoms with Gasteiger partial charge in [-0.15, -0.1) is 11.3 Å². The van der Waals surface area contributed by atoms with Crippen LogP contribution in [0.4, 0.5) is 5.69 Å². The van der Waals surface area contributed by atoms with Crippen LogP contribution in [-0.4, -0.2) is 19.0 Å². The van der Waals surface area contributed by atoms with Gasteiger partial charge in [-0.05, 0) is 11.4 Å². The molecule has 0 radical (unpaired) electrons. The van der Waals surface area contributed by atoms with E-state index in [-0.39, 0.29) is 5.91 Å². The summed E-state index contributed by atoms with van der Waals surface area (Å²) in [4.78, 5) is 13.0. The van der Waals surface area contributed by atoms with E-state index in [1.54, 1.807) is 11.3 Å². The first-order valence-corrected chi connectivity index (χ1v) is 5.49. The van der Waals surface area contributed by atoms with Crippen LogP contribution in [0.5, 0.6) is 0 Å². The molecule has 72 valence electrons. The third-order valence-electron chi connectivity index (χ3n) is 2.79.